The molecule has 0 amide bonds. The van der Waals surface area contributed by atoms with Crippen molar-refractivity contribution in [3.05, 3.63) is 0 Å². The summed E-state index contributed by atoms with van der Waals surface area (Å²) in [6.07, 6.45) is 2.78. The fourth-order valence-corrected chi connectivity index (χ4v) is 2.89. The summed E-state index contributed by atoms with van der Waals surface area (Å²) in [5, 5.41) is 3.62. The Bertz CT molecular complexity index is 237. The molecule has 1 aliphatic heterocycles. The van der Waals surface area contributed by atoms with Crippen LogP contribution in [-0.4, -0.2) is 49.8 Å². The molecule has 0 bridgehead atoms. The van der Waals surface area contributed by atoms with Crippen LogP contribution in [0.2, 0.25) is 0 Å². The minimum atomic E-state index is 0.328. The van der Waals surface area contributed by atoms with Crippen LogP contribution in [0.1, 0.15) is 47.5 Å². The average molecular weight is 256 g/mol. The monoisotopic (exact) mass is 256 g/mol. The first-order chi connectivity index (χ1) is 8.36. The van der Waals surface area contributed by atoms with Crippen molar-refractivity contribution in [1.29, 1.82) is 0 Å². The second kappa shape index (κ2) is 6.88. The van der Waals surface area contributed by atoms with Crippen LogP contribution in [0.15, 0.2) is 0 Å². The molecule has 1 fully saturated rings. The second-order valence-corrected chi connectivity index (χ2v) is 6.68. The fourth-order valence-electron chi connectivity index (χ4n) is 2.89. The van der Waals surface area contributed by atoms with Gasteiger partial charge in [-0.3, -0.25) is 0 Å². The number of hydrogen-bond donors (Lipinski definition) is 1. The van der Waals surface area contributed by atoms with Gasteiger partial charge in [0.1, 0.15) is 0 Å². The predicted molar refractivity (Wildman–Crippen MR) is 78.0 cm³/mol. The van der Waals surface area contributed by atoms with Crippen LogP contribution in [-0.2, 0) is 4.74 Å². The Morgan fingerprint density at radius 2 is 2.06 bits per heavy atom. The lowest BCUT2D eigenvalue weighted by Gasteiger charge is -2.34. The largest absolute Gasteiger partial charge is 0.377 e. The summed E-state index contributed by atoms with van der Waals surface area (Å²) in [7, 11) is 2.24. The minimum Gasteiger partial charge on any atom is -0.377 e. The summed E-state index contributed by atoms with van der Waals surface area (Å²) in [4.78, 5) is 2.48. The van der Waals surface area contributed by atoms with Crippen molar-refractivity contribution in [2.45, 2.75) is 65.6 Å². The van der Waals surface area contributed by atoms with E-state index in [9.17, 15) is 0 Å². The van der Waals surface area contributed by atoms with E-state index in [0.29, 0.717) is 23.6 Å². The molecule has 1 heterocycles. The topological polar surface area (TPSA) is 24.5 Å². The van der Waals surface area contributed by atoms with Crippen LogP contribution in [0.5, 0.6) is 0 Å². The van der Waals surface area contributed by atoms with E-state index in [4.69, 9.17) is 4.74 Å². The molecule has 0 aromatic rings. The zero-order chi connectivity index (χ0) is 13.8. The lowest BCUT2D eigenvalue weighted by molar-refractivity contribution is 0.0803. The SMILES string of the molecule is CCNC(CCN(C)C1CCOC1C)C(C)(C)C. The van der Waals surface area contributed by atoms with Crippen molar-refractivity contribution in [1.82, 2.24) is 10.2 Å². The molecule has 1 aliphatic rings. The molecule has 1 rings (SSSR count). The van der Waals surface area contributed by atoms with Gasteiger partial charge in [-0.15, -0.1) is 0 Å². The molecular formula is C15H32N2O. The highest BCUT2D eigenvalue weighted by Gasteiger charge is 2.29. The van der Waals surface area contributed by atoms with Crippen molar-refractivity contribution in [2.75, 3.05) is 26.7 Å². The second-order valence-electron chi connectivity index (χ2n) is 6.68. The number of rotatable bonds is 6. The molecule has 18 heavy (non-hydrogen) atoms. The summed E-state index contributed by atoms with van der Waals surface area (Å²) in [6, 6.07) is 1.19. The lowest BCUT2D eigenvalue weighted by atomic mass is 9.84. The minimum absolute atomic E-state index is 0.328. The number of nitrogens with one attached hydrogen (secondary N) is 1. The van der Waals surface area contributed by atoms with E-state index in [1.807, 2.05) is 0 Å². The zero-order valence-electron chi connectivity index (χ0n) is 13.1. The molecule has 3 unspecified atom stereocenters. The average Bonchev–Trinajstić information content (AvgIpc) is 2.68. The van der Waals surface area contributed by atoms with Gasteiger partial charge in [-0.05, 0) is 45.3 Å². The van der Waals surface area contributed by atoms with Gasteiger partial charge < -0.3 is 15.0 Å². The first kappa shape index (κ1) is 15.9. The summed E-state index contributed by atoms with van der Waals surface area (Å²) in [6.45, 7) is 14.5. The number of likely N-dealkylation sites (N-methyl/N-ethyl adjacent to an activating group) is 1. The van der Waals surface area contributed by atoms with Crippen molar-refractivity contribution < 1.29 is 4.74 Å². The summed E-state index contributed by atoms with van der Waals surface area (Å²) < 4.78 is 5.65. The van der Waals surface area contributed by atoms with Crippen LogP contribution in [0.4, 0.5) is 0 Å². The third kappa shape index (κ3) is 4.52. The number of hydrogen-bond acceptors (Lipinski definition) is 3. The summed E-state index contributed by atoms with van der Waals surface area (Å²) in [5.74, 6) is 0. The maximum Gasteiger partial charge on any atom is 0.0702 e. The Morgan fingerprint density at radius 3 is 2.50 bits per heavy atom. The molecule has 1 N–H and O–H groups in total. The van der Waals surface area contributed by atoms with Gasteiger partial charge in [0.2, 0.25) is 0 Å². The van der Waals surface area contributed by atoms with Crippen LogP contribution >= 0.6 is 0 Å². The molecule has 3 heteroatoms. The molecule has 0 aromatic carbocycles. The van der Waals surface area contributed by atoms with Crippen LogP contribution in [0.3, 0.4) is 0 Å². The molecule has 3 nitrogen and oxygen atoms in total. The van der Waals surface area contributed by atoms with Crippen LogP contribution in [0.25, 0.3) is 0 Å². The first-order valence-electron chi connectivity index (χ1n) is 7.41. The van der Waals surface area contributed by atoms with Gasteiger partial charge >= 0.3 is 0 Å². The molecule has 1 saturated heterocycles. The summed E-state index contributed by atoms with van der Waals surface area (Å²) in [5.41, 5.74) is 0.328. The van der Waals surface area contributed by atoms with E-state index < -0.39 is 0 Å². The van der Waals surface area contributed by atoms with Gasteiger partial charge in [0.05, 0.1) is 6.10 Å². The molecule has 108 valence electrons. The molecular weight excluding hydrogens is 224 g/mol. The Kier molecular flexibility index (Phi) is 6.09. The van der Waals surface area contributed by atoms with Gasteiger partial charge in [0.25, 0.3) is 0 Å². The van der Waals surface area contributed by atoms with E-state index in [2.05, 4.69) is 51.9 Å². The quantitative estimate of drug-likeness (QED) is 0.790. The Balaban J connectivity index is 2.41. The Morgan fingerprint density at radius 1 is 1.39 bits per heavy atom. The highest BCUT2D eigenvalue weighted by molar-refractivity contribution is 4.84. The van der Waals surface area contributed by atoms with Crippen LogP contribution < -0.4 is 5.32 Å². The van der Waals surface area contributed by atoms with E-state index in [1.54, 1.807) is 0 Å². The van der Waals surface area contributed by atoms with Crippen molar-refractivity contribution in [3.63, 3.8) is 0 Å². The van der Waals surface area contributed by atoms with Gasteiger partial charge in [0.15, 0.2) is 0 Å². The fraction of sp³-hybridized carbons (Fsp3) is 1.00. The van der Waals surface area contributed by atoms with Crippen molar-refractivity contribution >= 4 is 0 Å². The highest BCUT2D eigenvalue weighted by atomic mass is 16.5. The third-order valence-electron chi connectivity index (χ3n) is 4.17. The maximum absolute atomic E-state index is 5.65. The van der Waals surface area contributed by atoms with E-state index >= 15 is 0 Å². The van der Waals surface area contributed by atoms with E-state index in [0.717, 1.165) is 19.7 Å². The van der Waals surface area contributed by atoms with Gasteiger partial charge in [-0.25, -0.2) is 0 Å². The third-order valence-corrected chi connectivity index (χ3v) is 4.17. The van der Waals surface area contributed by atoms with Crippen LogP contribution in [0, 0.1) is 5.41 Å². The lowest BCUT2D eigenvalue weighted by Crippen LogP contribution is -2.44. The first-order valence-corrected chi connectivity index (χ1v) is 7.41. The predicted octanol–water partition coefficient (Wildman–Crippen LogP) is 2.51. The number of nitrogens with zero attached hydrogens (tertiary/aromatic N) is 1. The molecule has 0 saturated carbocycles. The van der Waals surface area contributed by atoms with Gasteiger partial charge in [-0.2, -0.15) is 0 Å². The molecule has 0 aromatic heterocycles. The molecule has 0 aliphatic carbocycles. The Labute approximate surface area is 113 Å². The smallest absolute Gasteiger partial charge is 0.0702 e. The maximum atomic E-state index is 5.65. The standard InChI is InChI=1S/C15H32N2O/c1-7-16-14(15(3,4)5)8-10-17(6)13-9-11-18-12(13)2/h12-14,16H,7-11H2,1-6H3. The van der Waals surface area contributed by atoms with Crippen molar-refractivity contribution in [3.8, 4) is 0 Å². The normalized spacial score (nSPS) is 26.8. The zero-order valence-corrected chi connectivity index (χ0v) is 13.1. The molecule has 0 radical (unpaired) electrons. The van der Waals surface area contributed by atoms with Gasteiger partial charge in [0, 0.05) is 18.7 Å². The summed E-state index contributed by atoms with van der Waals surface area (Å²) >= 11 is 0. The van der Waals surface area contributed by atoms with E-state index in [-0.39, 0.29) is 0 Å². The molecule has 3 atom stereocenters. The highest BCUT2D eigenvalue weighted by Crippen LogP contribution is 2.23. The van der Waals surface area contributed by atoms with E-state index in [1.165, 1.54) is 12.8 Å². The molecule has 0 spiro atoms. The number of ether oxygens (including phenoxy) is 1. The van der Waals surface area contributed by atoms with Gasteiger partial charge in [-0.1, -0.05) is 27.7 Å². The Hall–Kier alpha value is -0.120. The van der Waals surface area contributed by atoms with Crippen molar-refractivity contribution in [2.24, 2.45) is 5.41 Å².